The fourth-order valence-corrected chi connectivity index (χ4v) is 4.02. The third-order valence-corrected chi connectivity index (χ3v) is 5.87. The van der Waals surface area contributed by atoms with Crippen molar-refractivity contribution in [3.63, 3.8) is 0 Å². The molecule has 0 bridgehead atoms. The molecule has 10 heteroatoms. The first kappa shape index (κ1) is 24.0. The van der Waals surface area contributed by atoms with Gasteiger partial charge >= 0.3 is 0 Å². The van der Waals surface area contributed by atoms with Gasteiger partial charge in [-0.2, -0.15) is 0 Å². The van der Waals surface area contributed by atoms with Gasteiger partial charge in [0.15, 0.2) is 11.6 Å². The summed E-state index contributed by atoms with van der Waals surface area (Å²) in [7, 11) is 0. The Kier molecular flexibility index (Phi) is 7.40. The van der Waals surface area contributed by atoms with Gasteiger partial charge in [0.25, 0.3) is 0 Å². The summed E-state index contributed by atoms with van der Waals surface area (Å²) in [5, 5.41) is 0.0948. The molecule has 1 fully saturated rings. The van der Waals surface area contributed by atoms with E-state index in [-0.39, 0.29) is 45.9 Å². The van der Waals surface area contributed by atoms with Gasteiger partial charge in [-0.1, -0.05) is 32.4 Å². The molecule has 1 saturated heterocycles. The fourth-order valence-electron chi connectivity index (χ4n) is 3.82. The summed E-state index contributed by atoms with van der Waals surface area (Å²) in [4.78, 5) is 44.1. The van der Waals surface area contributed by atoms with Crippen LogP contribution >= 0.6 is 11.6 Å². The van der Waals surface area contributed by atoms with Crippen molar-refractivity contribution in [2.24, 2.45) is 5.92 Å². The van der Waals surface area contributed by atoms with Gasteiger partial charge in [-0.3, -0.25) is 14.5 Å². The molecule has 1 unspecified atom stereocenters. The highest BCUT2D eigenvalue weighted by atomic mass is 35.5. The highest BCUT2D eigenvalue weighted by molar-refractivity contribution is 6.35. The number of likely N-dealkylation sites (tertiary alicyclic amines) is 1. The Morgan fingerprint density at radius 1 is 1.22 bits per heavy atom. The van der Waals surface area contributed by atoms with E-state index in [2.05, 4.69) is 24.8 Å². The predicted molar refractivity (Wildman–Crippen MR) is 123 cm³/mol. The topological polar surface area (TPSA) is 141 Å². The van der Waals surface area contributed by atoms with Gasteiger partial charge in [0.05, 0.1) is 30.5 Å². The summed E-state index contributed by atoms with van der Waals surface area (Å²) in [6, 6.07) is 0. The third kappa shape index (κ3) is 5.98. The molecule has 0 aliphatic carbocycles. The standard InChI is InChI=1S/C22H30ClN7O2/c1-22(2,3)21-26-9-15(24)16(29-21)8-14(31)11-30-6-4-5-13(10-30)7-17(32)19-18(23)20(25)28-12-27-19/h9,12-13H,4-8,10-11,24H2,1-3H3,(H2,25,27,28). The van der Waals surface area contributed by atoms with Crippen LogP contribution in [-0.2, 0) is 16.6 Å². The maximum absolute atomic E-state index is 12.8. The molecule has 1 atom stereocenters. The number of hydrogen-bond donors (Lipinski definition) is 2. The van der Waals surface area contributed by atoms with Gasteiger partial charge in [-0.05, 0) is 25.3 Å². The Morgan fingerprint density at radius 2 is 1.97 bits per heavy atom. The van der Waals surface area contributed by atoms with Crippen LogP contribution in [0.1, 0.15) is 62.0 Å². The second-order valence-electron chi connectivity index (χ2n) is 9.35. The van der Waals surface area contributed by atoms with E-state index in [4.69, 9.17) is 23.1 Å². The zero-order valence-electron chi connectivity index (χ0n) is 18.8. The molecule has 32 heavy (non-hydrogen) atoms. The minimum absolute atomic E-state index is 0.0360. The molecule has 0 aromatic carbocycles. The molecule has 4 N–H and O–H groups in total. The van der Waals surface area contributed by atoms with Crippen molar-refractivity contribution in [1.82, 2.24) is 24.8 Å². The third-order valence-electron chi connectivity index (χ3n) is 5.49. The van der Waals surface area contributed by atoms with E-state index in [0.29, 0.717) is 36.7 Å². The van der Waals surface area contributed by atoms with Gasteiger partial charge < -0.3 is 11.5 Å². The van der Waals surface area contributed by atoms with Crippen LogP contribution in [0.5, 0.6) is 0 Å². The number of hydrogen-bond acceptors (Lipinski definition) is 9. The van der Waals surface area contributed by atoms with E-state index in [1.165, 1.54) is 6.33 Å². The summed E-state index contributed by atoms with van der Waals surface area (Å²) >= 11 is 6.09. The molecular weight excluding hydrogens is 430 g/mol. The Bertz CT molecular complexity index is 1010. The van der Waals surface area contributed by atoms with Crippen LogP contribution in [0.4, 0.5) is 11.5 Å². The zero-order chi connectivity index (χ0) is 23.5. The highest BCUT2D eigenvalue weighted by Gasteiger charge is 2.26. The van der Waals surface area contributed by atoms with Crippen LogP contribution in [0.2, 0.25) is 5.02 Å². The lowest BCUT2D eigenvalue weighted by Crippen LogP contribution is -2.40. The van der Waals surface area contributed by atoms with Crippen molar-refractivity contribution in [3.8, 4) is 0 Å². The molecular formula is C22H30ClN7O2. The maximum atomic E-state index is 12.8. The van der Waals surface area contributed by atoms with Crippen LogP contribution < -0.4 is 11.5 Å². The average molecular weight is 460 g/mol. The number of piperidine rings is 1. The van der Waals surface area contributed by atoms with Crippen LogP contribution in [0.3, 0.4) is 0 Å². The molecule has 0 amide bonds. The SMILES string of the molecule is CC(C)(C)c1ncc(N)c(CC(=O)CN2CCCC(CC(=O)c3ncnc(N)c3Cl)C2)n1. The van der Waals surface area contributed by atoms with Crippen LogP contribution in [0.25, 0.3) is 0 Å². The number of nitrogens with two attached hydrogens (primary N) is 2. The van der Waals surface area contributed by atoms with E-state index in [1.807, 2.05) is 20.8 Å². The molecule has 3 rings (SSSR count). The van der Waals surface area contributed by atoms with Gasteiger partial charge in [-0.15, -0.1) is 0 Å². The number of carbonyl (C=O) groups is 2. The first-order valence-electron chi connectivity index (χ1n) is 10.7. The van der Waals surface area contributed by atoms with Crippen LogP contribution in [0.15, 0.2) is 12.5 Å². The maximum Gasteiger partial charge on any atom is 0.183 e. The molecule has 3 heterocycles. The second-order valence-corrected chi connectivity index (χ2v) is 9.73. The number of carbonyl (C=O) groups excluding carboxylic acids is 2. The zero-order valence-corrected chi connectivity index (χ0v) is 19.5. The first-order chi connectivity index (χ1) is 15.0. The van der Waals surface area contributed by atoms with Crippen LogP contribution in [0, 0.1) is 5.92 Å². The van der Waals surface area contributed by atoms with Crippen molar-refractivity contribution in [2.45, 2.75) is 51.9 Å². The number of Topliss-reactive ketones (excluding diaryl/α,β-unsaturated/α-hetero) is 2. The summed E-state index contributed by atoms with van der Waals surface area (Å²) in [6.45, 7) is 7.80. The van der Waals surface area contributed by atoms with Gasteiger partial charge in [0.1, 0.15) is 28.7 Å². The van der Waals surface area contributed by atoms with E-state index >= 15 is 0 Å². The van der Waals surface area contributed by atoms with Crippen molar-refractivity contribution in [1.29, 1.82) is 0 Å². The quantitative estimate of drug-likeness (QED) is 0.597. The summed E-state index contributed by atoms with van der Waals surface area (Å²) in [5.41, 5.74) is 12.6. The Labute approximate surface area is 193 Å². The normalized spacial score (nSPS) is 17.3. The van der Waals surface area contributed by atoms with Crippen molar-refractivity contribution >= 4 is 34.7 Å². The van der Waals surface area contributed by atoms with Crippen LogP contribution in [-0.4, -0.2) is 56.0 Å². The minimum atomic E-state index is -0.227. The highest BCUT2D eigenvalue weighted by Crippen LogP contribution is 2.25. The molecule has 9 nitrogen and oxygen atoms in total. The van der Waals surface area contributed by atoms with Gasteiger partial charge in [-0.25, -0.2) is 19.9 Å². The van der Waals surface area contributed by atoms with Crippen molar-refractivity contribution < 1.29 is 9.59 Å². The first-order valence-corrected chi connectivity index (χ1v) is 11.1. The number of halogens is 1. The monoisotopic (exact) mass is 459 g/mol. The Hall–Kier alpha value is -2.65. The minimum Gasteiger partial charge on any atom is -0.396 e. The Balaban J connectivity index is 1.59. The molecule has 2 aromatic rings. The molecule has 0 saturated carbocycles. The molecule has 172 valence electrons. The lowest BCUT2D eigenvalue weighted by Gasteiger charge is -2.32. The number of anilines is 2. The molecule has 1 aliphatic rings. The van der Waals surface area contributed by atoms with Crippen molar-refractivity contribution in [3.05, 3.63) is 34.8 Å². The number of rotatable bonds is 7. The summed E-state index contributed by atoms with van der Waals surface area (Å²) in [6.07, 6.45) is 5.09. The number of aromatic nitrogens is 4. The smallest absolute Gasteiger partial charge is 0.183 e. The van der Waals surface area contributed by atoms with Gasteiger partial charge in [0.2, 0.25) is 0 Å². The van der Waals surface area contributed by atoms with E-state index < -0.39 is 0 Å². The Morgan fingerprint density at radius 3 is 2.69 bits per heavy atom. The summed E-state index contributed by atoms with van der Waals surface area (Å²) in [5.74, 6) is 0.752. The van der Waals surface area contributed by atoms with E-state index in [9.17, 15) is 9.59 Å². The van der Waals surface area contributed by atoms with Gasteiger partial charge in [0, 0.05) is 18.4 Å². The fraction of sp³-hybridized carbons (Fsp3) is 0.545. The summed E-state index contributed by atoms with van der Waals surface area (Å²) < 4.78 is 0. The largest absolute Gasteiger partial charge is 0.396 e. The number of ketones is 2. The van der Waals surface area contributed by atoms with E-state index in [0.717, 1.165) is 19.4 Å². The molecule has 0 radical (unpaired) electrons. The lowest BCUT2D eigenvalue weighted by atomic mass is 9.91. The molecule has 0 spiro atoms. The molecule has 1 aliphatic heterocycles. The van der Waals surface area contributed by atoms with E-state index in [1.54, 1.807) is 6.20 Å². The number of nitrogen functional groups attached to an aromatic ring is 2. The lowest BCUT2D eigenvalue weighted by molar-refractivity contribution is -0.120. The second kappa shape index (κ2) is 9.87. The number of nitrogens with zero attached hydrogens (tertiary/aromatic N) is 5. The average Bonchev–Trinajstić information content (AvgIpc) is 2.71. The molecule has 2 aromatic heterocycles. The van der Waals surface area contributed by atoms with Crippen molar-refractivity contribution in [2.75, 3.05) is 31.1 Å². The predicted octanol–water partition coefficient (Wildman–Crippen LogP) is 2.48.